The molecule has 2 aromatic rings. The molecule has 2 aliphatic heterocycles. The van der Waals surface area contributed by atoms with Gasteiger partial charge in [0.1, 0.15) is 23.9 Å². The number of carbonyl (C=O) groups is 2. The Balaban J connectivity index is 1.51. The molecule has 36 heavy (non-hydrogen) atoms. The number of amides is 2. The van der Waals surface area contributed by atoms with E-state index in [2.05, 4.69) is 38.8 Å². The molecule has 3 aliphatic rings. The van der Waals surface area contributed by atoms with E-state index in [4.69, 9.17) is 18.7 Å². The Labute approximate surface area is 208 Å². The monoisotopic (exact) mass is 515 g/mol. The molecule has 192 valence electrons. The van der Waals surface area contributed by atoms with Crippen LogP contribution in [0.4, 0.5) is 0 Å². The molecule has 1 N–H and O–H groups in total. The van der Waals surface area contributed by atoms with Crippen molar-refractivity contribution in [2.75, 3.05) is 7.11 Å². The molecule has 3 heterocycles. The third-order valence-corrected chi connectivity index (χ3v) is 12.1. The number of nitrogens with one attached hydrogen (secondary N) is 1. The second kappa shape index (κ2) is 8.05. The zero-order valence-corrected chi connectivity index (χ0v) is 21.9. The smallest absolute Gasteiger partial charge is 0.330 e. The molecule has 0 spiro atoms. The summed E-state index contributed by atoms with van der Waals surface area (Å²) in [4.78, 5) is 58.3. The number of aromatic nitrogens is 2. The van der Waals surface area contributed by atoms with Crippen molar-refractivity contribution in [3.05, 3.63) is 68.5 Å². The van der Waals surface area contributed by atoms with E-state index in [1.54, 1.807) is 24.3 Å². The van der Waals surface area contributed by atoms with Crippen LogP contribution in [0.25, 0.3) is 0 Å². The van der Waals surface area contributed by atoms with Crippen molar-refractivity contribution in [1.82, 2.24) is 14.6 Å². The third-order valence-electron chi connectivity index (χ3n) is 7.64. The van der Waals surface area contributed by atoms with Crippen molar-refractivity contribution in [3.8, 4) is 0 Å². The molecule has 0 radical (unpaired) electrons. The number of methoxy groups -OCH3 is 1. The molecule has 5 atom stereocenters. The molecule has 12 heteroatoms. The highest BCUT2D eigenvalue weighted by Crippen LogP contribution is 2.61. The van der Waals surface area contributed by atoms with Gasteiger partial charge in [-0.1, -0.05) is 32.9 Å². The maximum absolute atomic E-state index is 12.9. The van der Waals surface area contributed by atoms with Crippen LogP contribution < -0.4 is 11.2 Å². The minimum absolute atomic E-state index is 0.194. The summed E-state index contributed by atoms with van der Waals surface area (Å²) in [7, 11) is -1.01. The van der Waals surface area contributed by atoms with Crippen molar-refractivity contribution in [2.45, 2.75) is 69.0 Å². The average Bonchev–Trinajstić information content (AvgIpc) is 3.11. The lowest BCUT2D eigenvalue weighted by molar-refractivity contribution is -0.173. The van der Waals surface area contributed by atoms with Crippen LogP contribution in [0.5, 0.6) is 0 Å². The SMILES string of the molecule is CO[C@H]1[C@H](n2ccc(=O)[nH]c2=O)O[C@@H]2C(ON3C(=O)c4ccccc4C3=O)C21O[Si](C)(C)C(C)(C)C. The number of aromatic amines is 1. The van der Waals surface area contributed by atoms with Gasteiger partial charge >= 0.3 is 5.69 Å². The van der Waals surface area contributed by atoms with Gasteiger partial charge in [-0.15, -0.1) is 5.06 Å². The summed E-state index contributed by atoms with van der Waals surface area (Å²) >= 11 is 0. The van der Waals surface area contributed by atoms with Crippen LogP contribution in [0.15, 0.2) is 46.1 Å². The quantitative estimate of drug-likeness (QED) is 0.456. The van der Waals surface area contributed by atoms with Crippen molar-refractivity contribution in [3.63, 3.8) is 0 Å². The number of ether oxygens (including phenoxy) is 2. The average molecular weight is 516 g/mol. The van der Waals surface area contributed by atoms with E-state index >= 15 is 0 Å². The molecular weight excluding hydrogens is 486 g/mol. The fraction of sp³-hybridized carbons (Fsp3) is 0.500. The summed E-state index contributed by atoms with van der Waals surface area (Å²) in [6.45, 7) is 10.4. The largest absolute Gasteiger partial charge is 0.403 e. The van der Waals surface area contributed by atoms with Crippen molar-refractivity contribution in [1.29, 1.82) is 0 Å². The van der Waals surface area contributed by atoms with Gasteiger partial charge < -0.3 is 13.9 Å². The van der Waals surface area contributed by atoms with E-state index in [0.29, 0.717) is 0 Å². The molecule has 2 fully saturated rings. The van der Waals surface area contributed by atoms with Gasteiger partial charge in [-0.3, -0.25) is 28.8 Å². The van der Waals surface area contributed by atoms with Gasteiger partial charge in [-0.25, -0.2) is 4.79 Å². The highest BCUT2D eigenvalue weighted by Gasteiger charge is 2.82. The first kappa shape index (κ1) is 24.8. The summed E-state index contributed by atoms with van der Waals surface area (Å²) in [6, 6.07) is 7.72. The zero-order chi connectivity index (χ0) is 26.2. The molecule has 1 aromatic heterocycles. The molecule has 11 nitrogen and oxygen atoms in total. The minimum Gasteiger partial charge on any atom is -0.403 e. The number of hydroxylamine groups is 2. The summed E-state index contributed by atoms with van der Waals surface area (Å²) in [5, 5.41) is 0.557. The molecule has 2 amide bonds. The number of nitrogens with zero attached hydrogens (tertiary/aromatic N) is 2. The van der Waals surface area contributed by atoms with Crippen LogP contribution >= 0.6 is 0 Å². The lowest BCUT2D eigenvalue weighted by atomic mass is 10.1. The Morgan fingerprint density at radius 1 is 1.00 bits per heavy atom. The second-order valence-electron chi connectivity index (χ2n) is 10.8. The minimum atomic E-state index is -2.48. The molecule has 0 bridgehead atoms. The Morgan fingerprint density at radius 3 is 2.14 bits per heavy atom. The maximum Gasteiger partial charge on any atom is 0.330 e. The highest BCUT2D eigenvalue weighted by atomic mass is 28.4. The van der Waals surface area contributed by atoms with Gasteiger partial charge in [-0.2, -0.15) is 0 Å². The fourth-order valence-electron chi connectivity index (χ4n) is 4.69. The first-order valence-electron chi connectivity index (χ1n) is 11.7. The van der Waals surface area contributed by atoms with Crippen molar-refractivity contribution >= 4 is 20.1 Å². The first-order valence-corrected chi connectivity index (χ1v) is 14.6. The number of rotatable bonds is 6. The standard InChI is InChI=1S/C24H29N3O8Si/c1-23(2,3)36(5,6)35-24-16(33-21(18(24)32-4)26-12-11-15(28)25-22(26)31)17(24)34-27-19(29)13-9-7-8-10-14(13)20(27)30/h7-12,16-18,21H,1-6H3,(H,25,28,31)/t16-,17?,18+,21-,24?/m1/s1. The van der Waals surface area contributed by atoms with Gasteiger partial charge in [0.25, 0.3) is 17.4 Å². The van der Waals surface area contributed by atoms with Crippen LogP contribution in [0.2, 0.25) is 18.1 Å². The number of imide groups is 1. The molecule has 1 saturated carbocycles. The topological polar surface area (TPSA) is 129 Å². The normalized spacial score (nSPS) is 29.4. The summed E-state index contributed by atoms with van der Waals surface area (Å²) in [5.41, 5.74) is -1.86. The third kappa shape index (κ3) is 3.47. The molecule has 2 unspecified atom stereocenters. The number of carbonyl (C=O) groups excluding carboxylic acids is 2. The van der Waals surface area contributed by atoms with E-state index in [0.717, 1.165) is 5.06 Å². The van der Waals surface area contributed by atoms with E-state index in [1.807, 2.05) is 0 Å². The van der Waals surface area contributed by atoms with E-state index < -0.39 is 61.5 Å². The van der Waals surface area contributed by atoms with Crippen LogP contribution in [0.3, 0.4) is 0 Å². The van der Waals surface area contributed by atoms with Gasteiger partial charge in [0.2, 0.25) is 0 Å². The van der Waals surface area contributed by atoms with Crippen LogP contribution in [0.1, 0.15) is 47.7 Å². The number of benzene rings is 1. The Bertz CT molecular complexity index is 1330. The van der Waals surface area contributed by atoms with E-state index in [9.17, 15) is 19.2 Å². The lowest BCUT2D eigenvalue weighted by Crippen LogP contribution is -2.53. The van der Waals surface area contributed by atoms with Crippen LogP contribution in [-0.4, -0.2) is 65.8 Å². The molecular formula is C24H29N3O8Si. The molecule has 5 rings (SSSR count). The maximum atomic E-state index is 12.9. The molecule has 1 aromatic carbocycles. The van der Waals surface area contributed by atoms with Crippen LogP contribution in [0, 0.1) is 0 Å². The first-order chi connectivity index (χ1) is 16.8. The predicted molar refractivity (Wildman–Crippen MR) is 129 cm³/mol. The predicted octanol–water partition coefficient (Wildman–Crippen LogP) is 1.82. The van der Waals surface area contributed by atoms with Gasteiger partial charge in [0.15, 0.2) is 14.5 Å². The summed E-state index contributed by atoms with van der Waals surface area (Å²) in [6.07, 6.45) is -1.99. The number of H-pyrrole nitrogens is 1. The van der Waals surface area contributed by atoms with E-state index in [1.165, 1.54) is 23.9 Å². The van der Waals surface area contributed by atoms with E-state index in [-0.39, 0.29) is 16.2 Å². The van der Waals surface area contributed by atoms with Crippen LogP contribution in [-0.2, 0) is 18.7 Å². The summed E-state index contributed by atoms with van der Waals surface area (Å²) < 4.78 is 20.1. The Kier molecular flexibility index (Phi) is 5.54. The number of fused-ring (bicyclic) bond motifs is 2. The van der Waals surface area contributed by atoms with Gasteiger partial charge in [0, 0.05) is 19.4 Å². The second-order valence-corrected chi connectivity index (χ2v) is 15.5. The number of hydrogen-bond donors (Lipinski definition) is 1. The highest BCUT2D eigenvalue weighted by molar-refractivity contribution is 6.74. The fourth-order valence-corrected chi connectivity index (χ4v) is 6.23. The number of hydrogen-bond acceptors (Lipinski definition) is 8. The Morgan fingerprint density at radius 2 is 1.61 bits per heavy atom. The van der Waals surface area contributed by atoms with Crippen molar-refractivity contribution < 1.29 is 28.3 Å². The Hall–Kier alpha value is -2.90. The molecule has 1 saturated heterocycles. The zero-order valence-electron chi connectivity index (χ0n) is 20.9. The van der Waals surface area contributed by atoms with Gasteiger partial charge in [0.05, 0.1) is 11.1 Å². The lowest BCUT2D eigenvalue weighted by Gasteiger charge is -2.41. The summed E-state index contributed by atoms with van der Waals surface area (Å²) in [5.74, 6) is -1.13. The van der Waals surface area contributed by atoms with Gasteiger partial charge in [-0.05, 0) is 30.3 Å². The van der Waals surface area contributed by atoms with Crippen molar-refractivity contribution in [2.24, 2.45) is 0 Å². The molecule has 1 aliphatic carbocycles.